The molecule has 2 saturated heterocycles. The Hall–Kier alpha value is -0.770. The maximum absolute atomic E-state index is 11.6. The number of ether oxygens (including phenoxy) is 1. The van der Waals surface area contributed by atoms with E-state index in [-0.39, 0.29) is 6.09 Å². The largest absolute Gasteiger partial charge is 0.444 e. The number of alkyl carbamates (subject to hydrolysis) is 1. The number of amides is 1. The van der Waals surface area contributed by atoms with Crippen LogP contribution in [0.2, 0.25) is 0 Å². The van der Waals surface area contributed by atoms with E-state index in [4.69, 9.17) is 4.74 Å². The molecule has 2 heterocycles. The summed E-state index contributed by atoms with van der Waals surface area (Å²) in [7, 11) is 2.28. The van der Waals surface area contributed by atoms with Crippen LogP contribution in [0.3, 0.4) is 0 Å². The molecular weight excluding hydrogens is 252 g/mol. The molecule has 0 radical (unpaired) electrons. The fraction of sp³-hybridized carbons (Fsp3) is 0.938. The highest BCUT2D eigenvalue weighted by Crippen LogP contribution is 2.36. The number of piperidine rings is 2. The monoisotopic (exact) mass is 282 g/mol. The summed E-state index contributed by atoms with van der Waals surface area (Å²) in [6.07, 6.45) is 7.48. The van der Waals surface area contributed by atoms with Crippen molar-refractivity contribution in [1.82, 2.24) is 10.2 Å². The van der Waals surface area contributed by atoms with Gasteiger partial charge in [-0.1, -0.05) is 6.42 Å². The minimum atomic E-state index is -0.408. The minimum absolute atomic E-state index is 0.286. The van der Waals surface area contributed by atoms with E-state index in [0.717, 1.165) is 31.0 Å². The third kappa shape index (κ3) is 4.37. The molecule has 2 atom stereocenters. The van der Waals surface area contributed by atoms with E-state index in [0.29, 0.717) is 0 Å². The van der Waals surface area contributed by atoms with E-state index >= 15 is 0 Å². The van der Waals surface area contributed by atoms with E-state index in [2.05, 4.69) is 17.3 Å². The van der Waals surface area contributed by atoms with E-state index in [9.17, 15) is 4.79 Å². The maximum atomic E-state index is 11.6. The van der Waals surface area contributed by atoms with Crippen molar-refractivity contribution in [2.45, 2.75) is 77.0 Å². The third-order valence-corrected chi connectivity index (χ3v) is 4.66. The normalized spacial score (nSPS) is 30.9. The molecule has 0 saturated carbocycles. The van der Waals surface area contributed by atoms with Gasteiger partial charge in [0.2, 0.25) is 0 Å². The van der Waals surface area contributed by atoms with Gasteiger partial charge in [0.25, 0.3) is 0 Å². The molecule has 2 aliphatic rings. The van der Waals surface area contributed by atoms with E-state index in [1.807, 2.05) is 20.8 Å². The molecule has 2 fully saturated rings. The van der Waals surface area contributed by atoms with Crippen LogP contribution in [0.25, 0.3) is 0 Å². The van der Waals surface area contributed by atoms with Crippen LogP contribution in [0.15, 0.2) is 0 Å². The lowest BCUT2D eigenvalue weighted by Gasteiger charge is -2.47. The Bertz CT molecular complexity index is 324. The third-order valence-electron chi connectivity index (χ3n) is 4.66. The van der Waals surface area contributed by atoms with Gasteiger partial charge in [0, 0.05) is 18.6 Å². The molecule has 0 spiro atoms. The standard InChI is InChI=1S/C16H30N2O2/c1-16(2,3)20-15(19)17-9-8-12-10-13-6-5-7-14(11-12)18(13)4/h12-14H,5-11H2,1-4H3,(H,17,19). The summed E-state index contributed by atoms with van der Waals surface area (Å²) in [6.45, 7) is 6.42. The Morgan fingerprint density at radius 2 is 1.85 bits per heavy atom. The fourth-order valence-corrected chi connectivity index (χ4v) is 3.66. The molecule has 0 aromatic rings. The number of carbonyl (C=O) groups excluding carboxylic acids is 1. The Morgan fingerprint density at radius 1 is 1.25 bits per heavy atom. The van der Waals surface area contributed by atoms with Crippen LogP contribution in [0.5, 0.6) is 0 Å². The molecule has 4 heteroatoms. The first kappa shape index (κ1) is 15.6. The second-order valence-corrected chi connectivity index (χ2v) is 7.46. The summed E-state index contributed by atoms with van der Waals surface area (Å²) in [5.74, 6) is 0.761. The molecule has 4 nitrogen and oxygen atoms in total. The molecule has 1 N–H and O–H groups in total. The molecule has 2 bridgehead atoms. The number of hydrogen-bond acceptors (Lipinski definition) is 3. The fourth-order valence-electron chi connectivity index (χ4n) is 3.66. The zero-order chi connectivity index (χ0) is 14.8. The van der Waals surface area contributed by atoms with Gasteiger partial charge in [-0.2, -0.15) is 0 Å². The average Bonchev–Trinajstić information content (AvgIpc) is 2.27. The first-order chi connectivity index (χ1) is 9.35. The van der Waals surface area contributed by atoms with Crippen molar-refractivity contribution in [1.29, 1.82) is 0 Å². The Kier molecular flexibility index (Phi) is 4.95. The van der Waals surface area contributed by atoms with Gasteiger partial charge in [0.15, 0.2) is 0 Å². The van der Waals surface area contributed by atoms with Crippen molar-refractivity contribution in [3.63, 3.8) is 0 Å². The quantitative estimate of drug-likeness (QED) is 0.864. The summed E-state index contributed by atoms with van der Waals surface area (Å²) in [5.41, 5.74) is -0.408. The SMILES string of the molecule is CN1C2CCCC1CC(CCNC(=O)OC(C)(C)C)C2. The van der Waals surface area contributed by atoms with E-state index in [1.165, 1.54) is 32.1 Å². The van der Waals surface area contributed by atoms with Gasteiger partial charge in [-0.3, -0.25) is 0 Å². The van der Waals surface area contributed by atoms with Crippen molar-refractivity contribution in [2.75, 3.05) is 13.6 Å². The van der Waals surface area contributed by atoms with E-state index in [1.54, 1.807) is 0 Å². The lowest BCUT2D eigenvalue weighted by atomic mass is 9.77. The van der Waals surface area contributed by atoms with Gasteiger partial charge in [-0.25, -0.2) is 4.79 Å². The Morgan fingerprint density at radius 3 is 2.40 bits per heavy atom. The van der Waals surface area contributed by atoms with Crippen LogP contribution >= 0.6 is 0 Å². The predicted molar refractivity (Wildman–Crippen MR) is 80.8 cm³/mol. The van der Waals surface area contributed by atoms with E-state index < -0.39 is 5.60 Å². The molecule has 0 aromatic heterocycles. The molecule has 2 rings (SSSR count). The molecular formula is C16H30N2O2. The second kappa shape index (κ2) is 6.33. The van der Waals surface area contributed by atoms with Gasteiger partial charge in [-0.15, -0.1) is 0 Å². The number of rotatable bonds is 3. The predicted octanol–water partition coefficient (Wildman–Crippen LogP) is 3.16. The zero-order valence-corrected chi connectivity index (χ0v) is 13.4. The molecule has 2 unspecified atom stereocenters. The first-order valence-electron chi connectivity index (χ1n) is 8.04. The van der Waals surface area contributed by atoms with Crippen LogP contribution in [-0.2, 0) is 4.74 Å². The van der Waals surface area contributed by atoms with Crippen molar-refractivity contribution in [3.8, 4) is 0 Å². The topological polar surface area (TPSA) is 41.6 Å². The molecule has 2 aliphatic heterocycles. The van der Waals surface area contributed by atoms with Gasteiger partial charge in [-0.05, 0) is 65.8 Å². The molecule has 20 heavy (non-hydrogen) atoms. The van der Waals surface area contributed by atoms with Crippen LogP contribution < -0.4 is 5.32 Å². The van der Waals surface area contributed by atoms with Crippen LogP contribution in [0, 0.1) is 5.92 Å². The van der Waals surface area contributed by atoms with Crippen molar-refractivity contribution < 1.29 is 9.53 Å². The Labute approximate surface area is 123 Å². The molecule has 116 valence electrons. The second-order valence-electron chi connectivity index (χ2n) is 7.46. The number of fused-ring (bicyclic) bond motifs is 2. The van der Waals surface area contributed by atoms with Gasteiger partial charge in [0.1, 0.15) is 5.60 Å². The van der Waals surface area contributed by atoms with Crippen LogP contribution in [0.1, 0.15) is 59.3 Å². The number of nitrogens with zero attached hydrogens (tertiary/aromatic N) is 1. The maximum Gasteiger partial charge on any atom is 0.407 e. The highest BCUT2D eigenvalue weighted by Gasteiger charge is 2.35. The summed E-state index contributed by atoms with van der Waals surface area (Å²) in [6, 6.07) is 1.54. The van der Waals surface area contributed by atoms with Crippen LogP contribution in [0.4, 0.5) is 4.79 Å². The summed E-state index contributed by atoms with van der Waals surface area (Å²) in [4.78, 5) is 14.2. The molecule has 0 aromatic carbocycles. The van der Waals surface area contributed by atoms with Gasteiger partial charge >= 0.3 is 6.09 Å². The summed E-state index contributed by atoms with van der Waals surface area (Å²) in [5, 5.41) is 2.89. The van der Waals surface area contributed by atoms with Crippen molar-refractivity contribution in [2.24, 2.45) is 5.92 Å². The summed E-state index contributed by atoms with van der Waals surface area (Å²) < 4.78 is 5.26. The average molecular weight is 282 g/mol. The van der Waals surface area contributed by atoms with Crippen LogP contribution in [-0.4, -0.2) is 42.3 Å². The van der Waals surface area contributed by atoms with Crippen molar-refractivity contribution >= 4 is 6.09 Å². The number of nitrogens with one attached hydrogen (secondary N) is 1. The molecule has 0 aliphatic carbocycles. The van der Waals surface area contributed by atoms with Crippen molar-refractivity contribution in [3.05, 3.63) is 0 Å². The lowest BCUT2D eigenvalue weighted by molar-refractivity contribution is 0.0327. The Balaban J connectivity index is 1.69. The van der Waals surface area contributed by atoms with Gasteiger partial charge < -0.3 is 15.0 Å². The number of carbonyl (C=O) groups is 1. The lowest BCUT2D eigenvalue weighted by Crippen LogP contribution is -2.50. The zero-order valence-electron chi connectivity index (χ0n) is 13.4. The van der Waals surface area contributed by atoms with Gasteiger partial charge in [0.05, 0.1) is 0 Å². The highest BCUT2D eigenvalue weighted by atomic mass is 16.6. The summed E-state index contributed by atoms with van der Waals surface area (Å²) >= 11 is 0. The molecule has 1 amide bonds. The minimum Gasteiger partial charge on any atom is -0.444 e. The first-order valence-corrected chi connectivity index (χ1v) is 8.04. The number of hydrogen-bond donors (Lipinski definition) is 1. The smallest absolute Gasteiger partial charge is 0.407 e. The highest BCUT2D eigenvalue weighted by molar-refractivity contribution is 5.67.